The third-order valence-corrected chi connectivity index (χ3v) is 8.30. The third-order valence-electron chi connectivity index (χ3n) is 6.73. The molecule has 0 spiro atoms. The van der Waals surface area contributed by atoms with Crippen LogP contribution in [0.1, 0.15) is 50.9 Å². The molecule has 5 nitrogen and oxygen atoms in total. The van der Waals surface area contributed by atoms with E-state index in [1.807, 2.05) is 41.3 Å². The normalized spacial score (nSPS) is 26.4. The van der Waals surface area contributed by atoms with Gasteiger partial charge in [-0.3, -0.25) is 9.79 Å². The van der Waals surface area contributed by atoms with E-state index in [1.54, 1.807) is 0 Å². The van der Waals surface area contributed by atoms with Crippen molar-refractivity contribution in [2.75, 3.05) is 13.1 Å². The fourth-order valence-corrected chi connectivity index (χ4v) is 6.90. The maximum atomic E-state index is 13.8. The number of carbonyl (C=O) groups excluding carboxylic acids is 1. The lowest BCUT2D eigenvalue weighted by Gasteiger charge is -2.36. The predicted octanol–water partition coefficient (Wildman–Crippen LogP) is 6.27. The number of benzene rings is 2. The van der Waals surface area contributed by atoms with Crippen molar-refractivity contribution in [3.63, 3.8) is 0 Å². The van der Waals surface area contributed by atoms with Crippen molar-refractivity contribution >= 4 is 46.0 Å². The van der Waals surface area contributed by atoms with Gasteiger partial charge < -0.3 is 15.1 Å². The zero-order valence-electron chi connectivity index (χ0n) is 20.3. The molecule has 0 aliphatic carbocycles. The summed E-state index contributed by atoms with van der Waals surface area (Å²) in [6.45, 7) is 9.99. The molecule has 1 saturated heterocycles. The van der Waals surface area contributed by atoms with Gasteiger partial charge in [-0.05, 0) is 66.9 Å². The van der Waals surface area contributed by atoms with Gasteiger partial charge in [0.05, 0.1) is 6.04 Å². The highest BCUT2D eigenvalue weighted by Gasteiger charge is 2.47. The first-order valence-electron chi connectivity index (χ1n) is 12.1. The first-order chi connectivity index (χ1) is 16.7. The van der Waals surface area contributed by atoms with Crippen LogP contribution in [0, 0.1) is 5.92 Å². The summed E-state index contributed by atoms with van der Waals surface area (Å²) in [5, 5.41) is 5.80. The molecular weight excluding hydrogens is 499 g/mol. The molecular formula is C27H30Cl2N4OS. The van der Waals surface area contributed by atoms with Crippen LogP contribution in [0.3, 0.4) is 0 Å². The minimum Gasteiger partial charge on any atom is -0.335 e. The number of nitrogens with zero attached hydrogens (tertiary/aromatic N) is 3. The van der Waals surface area contributed by atoms with Gasteiger partial charge in [-0.15, -0.1) is 0 Å². The Bertz CT molecular complexity index is 1170. The number of aliphatic imine (C=N–C) groups is 1. The van der Waals surface area contributed by atoms with E-state index in [2.05, 4.69) is 50.0 Å². The van der Waals surface area contributed by atoms with Crippen molar-refractivity contribution < 1.29 is 4.79 Å². The van der Waals surface area contributed by atoms with Gasteiger partial charge in [0.25, 0.3) is 5.91 Å². The SMILES string of the molecule is CC(C)C1=C(C(=O)N2C[C@@H](C)N[C@@H](C)C2)SC2=N[C@H](c3ccc(Cl)cc3)[C@H](c3ccc(Cl)cc3)N21. The van der Waals surface area contributed by atoms with E-state index in [0.717, 1.165) is 26.9 Å². The number of rotatable bonds is 4. The van der Waals surface area contributed by atoms with E-state index >= 15 is 0 Å². The summed E-state index contributed by atoms with van der Waals surface area (Å²) in [5.74, 6) is 0.263. The molecule has 2 aromatic rings. The van der Waals surface area contributed by atoms with Crippen molar-refractivity contribution in [1.82, 2.24) is 15.1 Å². The molecule has 35 heavy (non-hydrogen) atoms. The first kappa shape index (κ1) is 24.7. The number of amidine groups is 1. The third kappa shape index (κ3) is 4.74. The van der Waals surface area contributed by atoms with Crippen molar-refractivity contribution in [2.45, 2.75) is 51.9 Å². The molecule has 5 rings (SSSR count). The number of piperazine rings is 1. The summed E-state index contributed by atoms with van der Waals surface area (Å²) in [5.41, 5.74) is 3.26. The lowest BCUT2D eigenvalue weighted by molar-refractivity contribution is -0.128. The number of allylic oxidation sites excluding steroid dienone is 1. The lowest BCUT2D eigenvalue weighted by atomic mass is 9.92. The second-order valence-corrected chi connectivity index (χ2v) is 11.8. The number of hydrogen-bond donors (Lipinski definition) is 1. The molecule has 0 saturated carbocycles. The molecule has 8 heteroatoms. The molecule has 0 bridgehead atoms. The smallest absolute Gasteiger partial charge is 0.262 e. The van der Waals surface area contributed by atoms with Gasteiger partial charge >= 0.3 is 0 Å². The quantitative estimate of drug-likeness (QED) is 0.507. The number of carbonyl (C=O) groups is 1. The Labute approximate surface area is 221 Å². The van der Waals surface area contributed by atoms with E-state index in [0.29, 0.717) is 23.1 Å². The van der Waals surface area contributed by atoms with Crippen molar-refractivity contribution in [1.29, 1.82) is 0 Å². The molecule has 3 aliphatic rings. The molecule has 184 valence electrons. The highest BCUT2D eigenvalue weighted by atomic mass is 35.5. The summed E-state index contributed by atoms with van der Waals surface area (Å²) < 4.78 is 0. The molecule has 1 amide bonds. The zero-order valence-corrected chi connectivity index (χ0v) is 22.7. The van der Waals surface area contributed by atoms with Crippen LogP contribution in [0.2, 0.25) is 10.0 Å². The van der Waals surface area contributed by atoms with Crippen LogP contribution in [-0.4, -0.2) is 46.0 Å². The predicted molar refractivity (Wildman–Crippen MR) is 146 cm³/mol. The monoisotopic (exact) mass is 528 g/mol. The maximum Gasteiger partial charge on any atom is 0.262 e. The van der Waals surface area contributed by atoms with Gasteiger partial charge in [0.1, 0.15) is 10.9 Å². The average Bonchev–Trinajstić information content (AvgIpc) is 3.35. The van der Waals surface area contributed by atoms with Gasteiger partial charge in [0.15, 0.2) is 5.17 Å². The summed E-state index contributed by atoms with van der Waals surface area (Å²) in [7, 11) is 0. The second kappa shape index (κ2) is 9.81. The van der Waals surface area contributed by atoms with E-state index in [9.17, 15) is 4.79 Å². The average molecular weight is 530 g/mol. The van der Waals surface area contributed by atoms with Crippen LogP contribution in [0.4, 0.5) is 0 Å². The van der Waals surface area contributed by atoms with Gasteiger partial charge in [0, 0.05) is 40.9 Å². The van der Waals surface area contributed by atoms with Gasteiger partial charge in [-0.2, -0.15) is 0 Å². The molecule has 0 unspecified atom stereocenters. The number of thioether (sulfide) groups is 1. The van der Waals surface area contributed by atoms with Crippen LogP contribution in [0.25, 0.3) is 0 Å². The van der Waals surface area contributed by atoms with E-state index in [-0.39, 0.29) is 36.0 Å². The molecule has 0 radical (unpaired) electrons. The van der Waals surface area contributed by atoms with Crippen LogP contribution in [-0.2, 0) is 4.79 Å². The summed E-state index contributed by atoms with van der Waals surface area (Å²) in [6.07, 6.45) is 0. The Morgan fingerprint density at radius 3 is 2.06 bits per heavy atom. The van der Waals surface area contributed by atoms with Crippen LogP contribution in [0.5, 0.6) is 0 Å². The Morgan fingerprint density at radius 1 is 0.971 bits per heavy atom. The number of hydrogen-bond acceptors (Lipinski definition) is 5. The number of halogens is 2. The molecule has 4 atom stereocenters. The summed E-state index contributed by atoms with van der Waals surface area (Å²) in [6, 6.07) is 16.2. The number of nitrogens with one attached hydrogen (secondary N) is 1. The van der Waals surface area contributed by atoms with E-state index in [4.69, 9.17) is 28.2 Å². The van der Waals surface area contributed by atoms with Crippen molar-refractivity contribution in [3.8, 4) is 0 Å². The lowest BCUT2D eigenvalue weighted by Crippen LogP contribution is -2.56. The zero-order chi connectivity index (χ0) is 24.9. The fraction of sp³-hybridized carbons (Fsp3) is 0.407. The first-order valence-corrected chi connectivity index (χ1v) is 13.7. The standard InChI is InChI=1S/C27H30Cl2N4OS/c1-15(2)23-25(26(34)32-13-16(3)30-17(4)14-32)35-27-31-22(18-5-9-20(28)10-6-18)24(33(23)27)19-7-11-21(29)12-8-19/h5-12,15-17,22,24,30H,13-14H2,1-4H3/t16-,17+,22-,24+/m1/s1. The van der Waals surface area contributed by atoms with Crippen LogP contribution >= 0.6 is 35.0 Å². The molecule has 0 aromatic heterocycles. The number of amides is 1. The minimum absolute atomic E-state index is 0.0699. The highest BCUT2D eigenvalue weighted by Crippen LogP contribution is 2.53. The van der Waals surface area contributed by atoms with Crippen molar-refractivity contribution in [3.05, 3.63) is 80.3 Å². The Hall–Kier alpha value is -1.99. The van der Waals surface area contributed by atoms with Crippen LogP contribution < -0.4 is 5.32 Å². The topological polar surface area (TPSA) is 47.9 Å². The van der Waals surface area contributed by atoms with Crippen LogP contribution in [0.15, 0.2) is 64.1 Å². The van der Waals surface area contributed by atoms with Gasteiger partial charge in [-0.25, -0.2) is 0 Å². The van der Waals surface area contributed by atoms with Crippen molar-refractivity contribution in [2.24, 2.45) is 10.9 Å². The molecule has 3 aliphatic heterocycles. The van der Waals surface area contributed by atoms with Gasteiger partial charge in [-0.1, -0.05) is 61.3 Å². The maximum absolute atomic E-state index is 13.8. The molecule has 1 fully saturated rings. The molecule has 2 aromatic carbocycles. The fourth-order valence-electron chi connectivity index (χ4n) is 5.33. The highest BCUT2D eigenvalue weighted by molar-refractivity contribution is 8.18. The Balaban J connectivity index is 1.57. The van der Waals surface area contributed by atoms with E-state index in [1.165, 1.54) is 11.8 Å². The summed E-state index contributed by atoms with van der Waals surface area (Å²) in [4.78, 5) is 24.1. The molecule has 1 N–H and O–H groups in total. The summed E-state index contributed by atoms with van der Waals surface area (Å²) >= 11 is 13.9. The Morgan fingerprint density at radius 2 is 1.51 bits per heavy atom. The second-order valence-electron chi connectivity index (χ2n) is 9.92. The minimum atomic E-state index is -0.111. The Kier molecular flexibility index (Phi) is 6.92. The number of fused-ring (bicyclic) bond motifs is 1. The molecule has 3 heterocycles. The largest absolute Gasteiger partial charge is 0.335 e. The van der Waals surface area contributed by atoms with Gasteiger partial charge in [0.2, 0.25) is 0 Å². The van der Waals surface area contributed by atoms with E-state index < -0.39 is 0 Å².